The third kappa shape index (κ3) is 2.72. The molecule has 0 bridgehead atoms. The van der Waals surface area contributed by atoms with Crippen LogP contribution >= 0.6 is 0 Å². The van der Waals surface area contributed by atoms with Crippen LogP contribution in [0, 0.1) is 0 Å². The molecule has 0 amide bonds. The number of anilines is 1. The summed E-state index contributed by atoms with van der Waals surface area (Å²) in [5.41, 5.74) is 2.13. The van der Waals surface area contributed by atoms with Crippen molar-refractivity contribution in [2.45, 2.75) is 51.0 Å². The second-order valence-electron chi connectivity index (χ2n) is 5.57. The van der Waals surface area contributed by atoms with Crippen LogP contribution in [0.1, 0.15) is 44.9 Å². The van der Waals surface area contributed by atoms with Crippen molar-refractivity contribution in [3.63, 3.8) is 0 Å². The van der Waals surface area contributed by atoms with Gasteiger partial charge in [0.2, 0.25) is 0 Å². The largest absolute Gasteiger partial charge is 0.365 e. The number of aryl methyl sites for hydroxylation is 1. The highest BCUT2D eigenvalue weighted by Gasteiger charge is 2.14. The maximum atomic E-state index is 4.48. The Morgan fingerprint density at radius 1 is 1.11 bits per heavy atom. The summed E-state index contributed by atoms with van der Waals surface area (Å²) in [5.74, 6) is 0.948. The first-order chi connectivity index (χ1) is 9.34. The summed E-state index contributed by atoms with van der Waals surface area (Å²) in [6.07, 6.45) is 13.0. The average Bonchev–Trinajstić information content (AvgIpc) is 2.76. The molecule has 1 N–H and O–H groups in total. The van der Waals surface area contributed by atoms with Crippen molar-refractivity contribution in [3.8, 4) is 0 Å². The van der Waals surface area contributed by atoms with E-state index in [-0.39, 0.29) is 0 Å². The molecule has 4 heteroatoms. The summed E-state index contributed by atoms with van der Waals surface area (Å²) in [6, 6.07) is 2.58. The lowest BCUT2D eigenvalue weighted by Crippen LogP contribution is -2.21. The Morgan fingerprint density at radius 2 is 1.84 bits per heavy atom. The molecule has 1 aliphatic carbocycles. The van der Waals surface area contributed by atoms with E-state index in [1.807, 2.05) is 30.2 Å². The molecule has 3 rings (SSSR count). The molecule has 2 aromatic rings. The van der Waals surface area contributed by atoms with Crippen molar-refractivity contribution in [3.05, 3.63) is 18.6 Å². The fourth-order valence-electron chi connectivity index (χ4n) is 2.96. The van der Waals surface area contributed by atoms with Gasteiger partial charge in [-0.15, -0.1) is 0 Å². The van der Waals surface area contributed by atoms with Crippen molar-refractivity contribution < 1.29 is 0 Å². The van der Waals surface area contributed by atoms with Gasteiger partial charge in [0.15, 0.2) is 5.82 Å². The predicted molar refractivity (Wildman–Crippen MR) is 78.2 cm³/mol. The fourth-order valence-corrected chi connectivity index (χ4v) is 2.96. The molecule has 0 aliphatic heterocycles. The Hall–Kier alpha value is -1.58. The third-order valence-corrected chi connectivity index (χ3v) is 4.09. The summed E-state index contributed by atoms with van der Waals surface area (Å²) in [7, 11) is 2.02. The van der Waals surface area contributed by atoms with Gasteiger partial charge in [-0.25, -0.2) is 9.97 Å². The molecular weight excluding hydrogens is 236 g/mol. The number of hydrogen-bond donors (Lipinski definition) is 1. The highest BCUT2D eigenvalue weighted by molar-refractivity contribution is 5.85. The molecule has 1 fully saturated rings. The lowest BCUT2D eigenvalue weighted by Gasteiger charge is -2.21. The summed E-state index contributed by atoms with van der Waals surface area (Å²) in [4.78, 5) is 8.95. The molecule has 2 heterocycles. The van der Waals surface area contributed by atoms with Crippen LogP contribution < -0.4 is 5.32 Å². The minimum Gasteiger partial charge on any atom is -0.365 e. The van der Waals surface area contributed by atoms with Crippen molar-refractivity contribution in [2.24, 2.45) is 7.05 Å². The van der Waals surface area contributed by atoms with Crippen LogP contribution in [0.5, 0.6) is 0 Å². The summed E-state index contributed by atoms with van der Waals surface area (Å²) in [5, 5.41) is 3.62. The Kier molecular flexibility index (Phi) is 3.67. The van der Waals surface area contributed by atoms with Gasteiger partial charge in [-0.05, 0) is 18.9 Å². The van der Waals surface area contributed by atoms with Crippen molar-refractivity contribution in [1.82, 2.24) is 14.5 Å². The molecule has 0 radical (unpaired) electrons. The number of imidazole rings is 1. The van der Waals surface area contributed by atoms with Gasteiger partial charge in [0.25, 0.3) is 0 Å². The van der Waals surface area contributed by atoms with Gasteiger partial charge in [-0.1, -0.05) is 32.1 Å². The summed E-state index contributed by atoms with van der Waals surface area (Å²) in [6.45, 7) is 0. The molecule has 0 spiro atoms. The maximum Gasteiger partial charge on any atom is 0.154 e. The van der Waals surface area contributed by atoms with E-state index in [9.17, 15) is 0 Å². The van der Waals surface area contributed by atoms with Crippen molar-refractivity contribution in [2.75, 3.05) is 5.32 Å². The average molecular weight is 258 g/mol. The third-order valence-electron chi connectivity index (χ3n) is 4.09. The molecule has 0 atom stereocenters. The molecular formula is C15H22N4. The molecule has 1 aliphatic rings. The van der Waals surface area contributed by atoms with E-state index in [0.29, 0.717) is 6.04 Å². The zero-order valence-electron chi connectivity index (χ0n) is 11.6. The number of pyridine rings is 1. The number of nitrogens with one attached hydrogen (secondary N) is 1. The Morgan fingerprint density at radius 3 is 2.63 bits per heavy atom. The van der Waals surface area contributed by atoms with Crippen molar-refractivity contribution >= 4 is 16.9 Å². The standard InChI is InChI=1S/C15H22N4/c1-19-11-17-14-13(19)9-10-16-15(14)18-12-7-5-3-2-4-6-8-12/h9-12H,2-8H2,1H3,(H,16,18). The van der Waals surface area contributed by atoms with Gasteiger partial charge in [0.1, 0.15) is 5.52 Å². The Balaban J connectivity index is 1.80. The van der Waals surface area contributed by atoms with Crippen LogP contribution in [0.2, 0.25) is 0 Å². The molecule has 0 saturated heterocycles. The summed E-state index contributed by atoms with van der Waals surface area (Å²) < 4.78 is 2.04. The van der Waals surface area contributed by atoms with Crippen LogP contribution in [0.15, 0.2) is 18.6 Å². The number of nitrogens with zero attached hydrogens (tertiary/aromatic N) is 3. The second-order valence-corrected chi connectivity index (χ2v) is 5.57. The number of fused-ring (bicyclic) bond motifs is 1. The van der Waals surface area contributed by atoms with E-state index in [1.165, 1.54) is 44.9 Å². The smallest absolute Gasteiger partial charge is 0.154 e. The normalized spacial score (nSPS) is 18.2. The zero-order valence-corrected chi connectivity index (χ0v) is 11.6. The molecule has 4 nitrogen and oxygen atoms in total. The first-order valence-corrected chi connectivity index (χ1v) is 7.37. The molecule has 0 unspecified atom stereocenters. The van der Waals surface area contributed by atoms with Crippen LogP contribution in [0.25, 0.3) is 11.0 Å². The van der Waals surface area contributed by atoms with Gasteiger partial charge in [0, 0.05) is 19.3 Å². The van der Waals surface area contributed by atoms with E-state index >= 15 is 0 Å². The molecule has 2 aromatic heterocycles. The van der Waals surface area contributed by atoms with Crippen LogP contribution in [-0.2, 0) is 7.05 Å². The number of rotatable bonds is 2. The van der Waals surface area contributed by atoms with Crippen molar-refractivity contribution in [1.29, 1.82) is 0 Å². The van der Waals surface area contributed by atoms with E-state index < -0.39 is 0 Å². The maximum absolute atomic E-state index is 4.48. The van der Waals surface area contributed by atoms with Gasteiger partial charge in [-0.3, -0.25) is 0 Å². The molecule has 1 saturated carbocycles. The number of hydrogen-bond acceptors (Lipinski definition) is 3. The minimum atomic E-state index is 0.556. The number of aromatic nitrogens is 3. The Bertz CT molecular complexity index is 538. The monoisotopic (exact) mass is 258 g/mol. The summed E-state index contributed by atoms with van der Waals surface area (Å²) >= 11 is 0. The van der Waals surface area contributed by atoms with E-state index in [0.717, 1.165) is 16.9 Å². The first kappa shape index (κ1) is 12.5. The Labute approximate surface area is 114 Å². The fraction of sp³-hybridized carbons (Fsp3) is 0.600. The van der Waals surface area contributed by atoms with Gasteiger partial charge in [0.05, 0.1) is 11.8 Å². The molecule has 102 valence electrons. The second kappa shape index (κ2) is 5.59. The van der Waals surface area contributed by atoms with Crippen LogP contribution in [0.3, 0.4) is 0 Å². The van der Waals surface area contributed by atoms with E-state index in [4.69, 9.17) is 0 Å². The highest BCUT2D eigenvalue weighted by atomic mass is 15.1. The van der Waals surface area contributed by atoms with Gasteiger partial charge in [-0.2, -0.15) is 0 Å². The van der Waals surface area contributed by atoms with E-state index in [2.05, 4.69) is 15.3 Å². The van der Waals surface area contributed by atoms with Crippen LogP contribution in [-0.4, -0.2) is 20.6 Å². The molecule has 0 aromatic carbocycles. The minimum absolute atomic E-state index is 0.556. The van der Waals surface area contributed by atoms with E-state index in [1.54, 1.807) is 0 Å². The first-order valence-electron chi connectivity index (χ1n) is 7.37. The lowest BCUT2D eigenvalue weighted by molar-refractivity contribution is 0.471. The zero-order chi connectivity index (χ0) is 13.1. The van der Waals surface area contributed by atoms with Crippen LogP contribution in [0.4, 0.5) is 5.82 Å². The quantitative estimate of drug-likeness (QED) is 0.896. The highest BCUT2D eigenvalue weighted by Crippen LogP contribution is 2.23. The predicted octanol–water partition coefficient (Wildman–Crippen LogP) is 3.49. The molecule has 19 heavy (non-hydrogen) atoms. The lowest BCUT2D eigenvalue weighted by atomic mass is 9.97. The SMILES string of the molecule is Cn1cnc2c(NC3CCCCCCC3)nccc21. The topological polar surface area (TPSA) is 42.7 Å². The van der Waals surface area contributed by atoms with Gasteiger partial charge >= 0.3 is 0 Å². The van der Waals surface area contributed by atoms with Gasteiger partial charge < -0.3 is 9.88 Å².